The van der Waals surface area contributed by atoms with Crippen LogP contribution in [0.1, 0.15) is 27.2 Å². The number of hydrogen-bond acceptors (Lipinski definition) is 2. The molecule has 0 amide bonds. The molecule has 2 nitrogen and oxygen atoms in total. The highest BCUT2D eigenvalue weighted by atomic mass is 19.1. The van der Waals surface area contributed by atoms with Crippen molar-refractivity contribution >= 4 is 5.69 Å². The number of benzene rings is 1. The first-order valence-electron chi connectivity index (χ1n) is 5.72. The molecule has 0 saturated carbocycles. The van der Waals surface area contributed by atoms with E-state index in [1.165, 1.54) is 12.1 Å². The van der Waals surface area contributed by atoms with E-state index in [9.17, 15) is 4.39 Å². The Balaban J connectivity index is 2.64. The SMILES string of the molecule is CCN(CCC(C)(C)N)c1ccc(F)cc1. The minimum Gasteiger partial charge on any atom is -0.372 e. The van der Waals surface area contributed by atoms with Gasteiger partial charge in [-0.2, -0.15) is 0 Å². The Labute approximate surface area is 97.3 Å². The topological polar surface area (TPSA) is 29.3 Å². The molecule has 2 N–H and O–H groups in total. The van der Waals surface area contributed by atoms with Crippen LogP contribution in [0.15, 0.2) is 24.3 Å². The van der Waals surface area contributed by atoms with Gasteiger partial charge >= 0.3 is 0 Å². The van der Waals surface area contributed by atoms with E-state index in [1.807, 2.05) is 26.0 Å². The largest absolute Gasteiger partial charge is 0.372 e. The van der Waals surface area contributed by atoms with Crippen molar-refractivity contribution in [3.63, 3.8) is 0 Å². The first-order chi connectivity index (χ1) is 7.42. The molecule has 0 spiro atoms. The van der Waals surface area contributed by atoms with E-state index in [0.717, 1.165) is 25.2 Å². The molecule has 1 aromatic rings. The molecule has 0 saturated heterocycles. The van der Waals surface area contributed by atoms with Crippen molar-refractivity contribution in [3.05, 3.63) is 30.1 Å². The quantitative estimate of drug-likeness (QED) is 0.833. The first kappa shape index (κ1) is 13.0. The third-order valence-electron chi connectivity index (χ3n) is 2.60. The Morgan fingerprint density at radius 1 is 1.25 bits per heavy atom. The van der Waals surface area contributed by atoms with Crippen LogP contribution in [0.4, 0.5) is 10.1 Å². The standard InChI is InChI=1S/C13H21FN2/c1-4-16(10-9-13(2,3)15)12-7-5-11(14)6-8-12/h5-8H,4,9-10,15H2,1-3H3. The normalized spacial score (nSPS) is 11.6. The fourth-order valence-electron chi connectivity index (χ4n) is 1.54. The average Bonchev–Trinajstić information content (AvgIpc) is 2.20. The molecule has 0 fully saturated rings. The average molecular weight is 224 g/mol. The molecule has 0 aliphatic heterocycles. The van der Waals surface area contributed by atoms with Crippen molar-refractivity contribution in [2.75, 3.05) is 18.0 Å². The molecule has 0 aromatic heterocycles. The van der Waals surface area contributed by atoms with E-state index >= 15 is 0 Å². The molecule has 0 heterocycles. The van der Waals surface area contributed by atoms with Crippen LogP contribution in [0.2, 0.25) is 0 Å². The summed E-state index contributed by atoms with van der Waals surface area (Å²) in [6, 6.07) is 6.60. The number of hydrogen-bond donors (Lipinski definition) is 1. The molecule has 1 aromatic carbocycles. The van der Waals surface area contributed by atoms with E-state index in [0.29, 0.717) is 0 Å². The van der Waals surface area contributed by atoms with E-state index in [1.54, 1.807) is 0 Å². The van der Waals surface area contributed by atoms with Crippen LogP contribution < -0.4 is 10.6 Å². The lowest BCUT2D eigenvalue weighted by Gasteiger charge is -2.27. The Morgan fingerprint density at radius 3 is 2.25 bits per heavy atom. The van der Waals surface area contributed by atoms with Crippen LogP contribution in [0.3, 0.4) is 0 Å². The zero-order valence-corrected chi connectivity index (χ0v) is 10.3. The lowest BCUT2D eigenvalue weighted by Crippen LogP contribution is -2.37. The summed E-state index contributed by atoms with van der Waals surface area (Å²) in [4.78, 5) is 2.20. The molecule has 90 valence electrons. The molecule has 0 aliphatic rings. The van der Waals surface area contributed by atoms with Gasteiger partial charge in [0, 0.05) is 24.3 Å². The van der Waals surface area contributed by atoms with Crippen LogP contribution in [0.5, 0.6) is 0 Å². The number of halogens is 1. The Morgan fingerprint density at radius 2 is 1.81 bits per heavy atom. The molecule has 0 radical (unpaired) electrons. The summed E-state index contributed by atoms with van der Waals surface area (Å²) in [5.41, 5.74) is 6.84. The predicted octanol–water partition coefficient (Wildman–Crippen LogP) is 2.78. The lowest BCUT2D eigenvalue weighted by molar-refractivity contribution is 0.475. The molecular formula is C13H21FN2. The summed E-state index contributed by atoms with van der Waals surface area (Å²) >= 11 is 0. The fourth-order valence-corrected chi connectivity index (χ4v) is 1.54. The third kappa shape index (κ3) is 4.19. The second-order valence-corrected chi connectivity index (χ2v) is 4.79. The van der Waals surface area contributed by atoms with Gasteiger partial charge < -0.3 is 10.6 Å². The van der Waals surface area contributed by atoms with E-state index in [-0.39, 0.29) is 11.4 Å². The maximum atomic E-state index is 12.8. The van der Waals surface area contributed by atoms with Gasteiger partial charge in [0.2, 0.25) is 0 Å². The van der Waals surface area contributed by atoms with Crippen LogP contribution in [-0.4, -0.2) is 18.6 Å². The van der Waals surface area contributed by atoms with Gasteiger partial charge in [-0.1, -0.05) is 0 Å². The van der Waals surface area contributed by atoms with Gasteiger partial charge in [0.05, 0.1) is 0 Å². The van der Waals surface area contributed by atoms with Crippen molar-refractivity contribution < 1.29 is 4.39 Å². The summed E-state index contributed by atoms with van der Waals surface area (Å²) < 4.78 is 12.8. The van der Waals surface area contributed by atoms with Gasteiger partial charge in [-0.25, -0.2) is 4.39 Å². The van der Waals surface area contributed by atoms with Crippen LogP contribution in [-0.2, 0) is 0 Å². The molecular weight excluding hydrogens is 203 g/mol. The summed E-state index contributed by atoms with van der Waals surface area (Å²) in [7, 11) is 0. The molecule has 0 unspecified atom stereocenters. The zero-order chi connectivity index (χ0) is 12.2. The highest BCUT2D eigenvalue weighted by Crippen LogP contribution is 2.16. The van der Waals surface area contributed by atoms with Crippen LogP contribution in [0.25, 0.3) is 0 Å². The predicted molar refractivity (Wildman–Crippen MR) is 67.2 cm³/mol. The van der Waals surface area contributed by atoms with Crippen molar-refractivity contribution in [1.29, 1.82) is 0 Å². The Kier molecular flexibility index (Phi) is 4.30. The highest BCUT2D eigenvalue weighted by Gasteiger charge is 2.13. The van der Waals surface area contributed by atoms with Crippen molar-refractivity contribution in [1.82, 2.24) is 0 Å². The zero-order valence-electron chi connectivity index (χ0n) is 10.3. The Hall–Kier alpha value is -1.09. The van der Waals surface area contributed by atoms with Crippen LogP contribution in [0, 0.1) is 5.82 Å². The second-order valence-electron chi connectivity index (χ2n) is 4.79. The van der Waals surface area contributed by atoms with E-state index in [2.05, 4.69) is 11.8 Å². The number of nitrogens with two attached hydrogens (primary N) is 1. The Bertz CT molecular complexity index is 314. The van der Waals surface area contributed by atoms with Crippen molar-refractivity contribution in [3.8, 4) is 0 Å². The minimum absolute atomic E-state index is 0.159. The fraction of sp³-hybridized carbons (Fsp3) is 0.538. The number of anilines is 1. The van der Waals surface area contributed by atoms with Gasteiger partial charge in [0.1, 0.15) is 5.82 Å². The highest BCUT2D eigenvalue weighted by molar-refractivity contribution is 5.46. The van der Waals surface area contributed by atoms with Gasteiger partial charge in [-0.15, -0.1) is 0 Å². The summed E-state index contributed by atoms with van der Waals surface area (Å²) in [5, 5.41) is 0. The molecule has 0 aliphatic carbocycles. The first-order valence-corrected chi connectivity index (χ1v) is 5.72. The maximum absolute atomic E-state index is 12.8. The second kappa shape index (κ2) is 5.30. The molecule has 3 heteroatoms. The molecule has 16 heavy (non-hydrogen) atoms. The summed E-state index contributed by atoms with van der Waals surface area (Å²) in [6.07, 6.45) is 0.915. The van der Waals surface area contributed by atoms with Gasteiger partial charge in [-0.3, -0.25) is 0 Å². The van der Waals surface area contributed by atoms with Gasteiger partial charge in [0.25, 0.3) is 0 Å². The van der Waals surface area contributed by atoms with E-state index < -0.39 is 0 Å². The third-order valence-corrected chi connectivity index (χ3v) is 2.60. The lowest BCUT2D eigenvalue weighted by atomic mass is 10.0. The molecule has 1 rings (SSSR count). The number of rotatable bonds is 5. The minimum atomic E-state index is -0.195. The maximum Gasteiger partial charge on any atom is 0.123 e. The smallest absolute Gasteiger partial charge is 0.123 e. The van der Waals surface area contributed by atoms with Gasteiger partial charge in [-0.05, 0) is 51.5 Å². The van der Waals surface area contributed by atoms with Gasteiger partial charge in [0.15, 0.2) is 0 Å². The monoisotopic (exact) mass is 224 g/mol. The molecule has 0 bridgehead atoms. The van der Waals surface area contributed by atoms with Crippen molar-refractivity contribution in [2.24, 2.45) is 5.73 Å². The van der Waals surface area contributed by atoms with E-state index in [4.69, 9.17) is 5.73 Å². The van der Waals surface area contributed by atoms with Crippen LogP contribution >= 0.6 is 0 Å². The number of nitrogens with zero attached hydrogens (tertiary/aromatic N) is 1. The molecule has 0 atom stereocenters. The summed E-state index contributed by atoms with van der Waals surface area (Å²) in [5.74, 6) is -0.195. The van der Waals surface area contributed by atoms with Crippen molar-refractivity contribution in [2.45, 2.75) is 32.7 Å². The summed E-state index contributed by atoms with van der Waals surface area (Å²) in [6.45, 7) is 7.93.